The van der Waals surface area contributed by atoms with Gasteiger partial charge in [0.1, 0.15) is 12.4 Å². The molecule has 3 rings (SSSR count). The standard InChI is InChI=1S/C21H21F3N4O2S/c1-13-7-8-14(2)17(9-13)30-11-18-26-27-20(28(18)3)31-12-19(29)25-16-6-4-5-15(10-16)21(22,23)24/h4-10H,11-12H2,1-3H3,(H,25,29). The molecule has 0 spiro atoms. The molecule has 0 aliphatic heterocycles. The van der Waals surface area contributed by atoms with Crippen molar-refractivity contribution >= 4 is 23.4 Å². The third kappa shape index (κ3) is 6.00. The number of aromatic nitrogens is 3. The molecule has 1 N–H and O–H groups in total. The molecule has 0 bridgehead atoms. The molecule has 1 heterocycles. The van der Waals surface area contributed by atoms with Gasteiger partial charge < -0.3 is 14.6 Å². The van der Waals surface area contributed by atoms with Crippen molar-refractivity contribution in [2.24, 2.45) is 7.05 Å². The Morgan fingerprint density at radius 3 is 2.68 bits per heavy atom. The van der Waals surface area contributed by atoms with Crippen LogP contribution in [0.3, 0.4) is 0 Å². The van der Waals surface area contributed by atoms with Crippen LogP contribution < -0.4 is 10.1 Å². The fourth-order valence-corrected chi connectivity index (χ4v) is 3.43. The van der Waals surface area contributed by atoms with E-state index in [0.29, 0.717) is 11.0 Å². The summed E-state index contributed by atoms with van der Waals surface area (Å²) in [7, 11) is 1.76. The smallest absolute Gasteiger partial charge is 0.416 e. The number of carbonyl (C=O) groups is 1. The zero-order valence-electron chi connectivity index (χ0n) is 17.2. The molecule has 164 valence electrons. The zero-order valence-corrected chi connectivity index (χ0v) is 18.0. The van der Waals surface area contributed by atoms with Crippen LogP contribution in [0, 0.1) is 13.8 Å². The predicted molar refractivity (Wildman–Crippen MR) is 112 cm³/mol. The van der Waals surface area contributed by atoms with E-state index < -0.39 is 17.6 Å². The van der Waals surface area contributed by atoms with Crippen LogP contribution in [0.25, 0.3) is 0 Å². The number of halogens is 3. The number of hydrogen-bond acceptors (Lipinski definition) is 5. The molecule has 1 amide bonds. The van der Waals surface area contributed by atoms with E-state index in [1.165, 1.54) is 12.1 Å². The van der Waals surface area contributed by atoms with Crippen molar-refractivity contribution in [3.05, 3.63) is 65.0 Å². The average Bonchev–Trinajstić information content (AvgIpc) is 3.06. The first-order chi connectivity index (χ1) is 14.6. The number of alkyl halides is 3. The van der Waals surface area contributed by atoms with Gasteiger partial charge in [-0.3, -0.25) is 4.79 Å². The van der Waals surface area contributed by atoms with E-state index in [0.717, 1.165) is 40.8 Å². The van der Waals surface area contributed by atoms with Gasteiger partial charge in [-0.25, -0.2) is 0 Å². The first-order valence-electron chi connectivity index (χ1n) is 9.31. The van der Waals surface area contributed by atoms with E-state index in [-0.39, 0.29) is 18.0 Å². The summed E-state index contributed by atoms with van der Waals surface area (Å²) in [5.41, 5.74) is 1.36. The first-order valence-corrected chi connectivity index (χ1v) is 10.3. The van der Waals surface area contributed by atoms with E-state index in [9.17, 15) is 18.0 Å². The molecule has 0 unspecified atom stereocenters. The Hall–Kier alpha value is -3.01. The van der Waals surface area contributed by atoms with E-state index in [2.05, 4.69) is 15.5 Å². The van der Waals surface area contributed by atoms with E-state index in [4.69, 9.17) is 4.74 Å². The molecule has 0 radical (unpaired) electrons. The molecule has 0 saturated carbocycles. The lowest BCUT2D eigenvalue weighted by Gasteiger charge is -2.10. The van der Waals surface area contributed by atoms with Crippen molar-refractivity contribution in [1.29, 1.82) is 0 Å². The van der Waals surface area contributed by atoms with Gasteiger partial charge in [0.25, 0.3) is 0 Å². The van der Waals surface area contributed by atoms with Crippen LogP contribution >= 0.6 is 11.8 Å². The Morgan fingerprint density at radius 2 is 1.94 bits per heavy atom. The highest BCUT2D eigenvalue weighted by atomic mass is 32.2. The molecule has 3 aromatic rings. The Balaban J connectivity index is 1.56. The Bertz CT molecular complexity index is 1080. The van der Waals surface area contributed by atoms with Gasteiger partial charge in [-0.1, -0.05) is 30.0 Å². The molecule has 0 aliphatic carbocycles. The molecule has 0 atom stereocenters. The quantitative estimate of drug-likeness (QED) is 0.526. The van der Waals surface area contributed by atoms with Gasteiger partial charge >= 0.3 is 6.18 Å². The number of ether oxygens (including phenoxy) is 1. The van der Waals surface area contributed by atoms with Crippen LogP contribution in [0.5, 0.6) is 5.75 Å². The maximum atomic E-state index is 12.8. The molecular formula is C21H21F3N4O2S. The summed E-state index contributed by atoms with van der Waals surface area (Å²) in [4.78, 5) is 12.1. The van der Waals surface area contributed by atoms with Gasteiger partial charge in [0.15, 0.2) is 11.0 Å². The van der Waals surface area contributed by atoms with Gasteiger partial charge in [-0.15, -0.1) is 10.2 Å². The number of thioether (sulfide) groups is 1. The Morgan fingerprint density at radius 1 is 1.16 bits per heavy atom. The fourth-order valence-electron chi connectivity index (χ4n) is 2.70. The van der Waals surface area contributed by atoms with Gasteiger partial charge in [0, 0.05) is 12.7 Å². The second kappa shape index (κ2) is 9.42. The summed E-state index contributed by atoms with van der Waals surface area (Å²) in [6.45, 7) is 4.15. The number of amides is 1. The van der Waals surface area contributed by atoms with Crippen molar-refractivity contribution in [3.63, 3.8) is 0 Å². The third-order valence-corrected chi connectivity index (χ3v) is 5.45. The van der Waals surface area contributed by atoms with E-state index in [1.54, 1.807) is 11.6 Å². The molecule has 0 fully saturated rings. The summed E-state index contributed by atoms with van der Waals surface area (Å²) >= 11 is 1.13. The minimum absolute atomic E-state index is 0.0277. The summed E-state index contributed by atoms with van der Waals surface area (Å²) < 4.78 is 45.9. The van der Waals surface area contributed by atoms with Crippen molar-refractivity contribution in [2.75, 3.05) is 11.1 Å². The van der Waals surface area contributed by atoms with Crippen molar-refractivity contribution in [2.45, 2.75) is 31.8 Å². The molecule has 0 saturated heterocycles. The lowest BCUT2D eigenvalue weighted by molar-refractivity contribution is -0.137. The maximum Gasteiger partial charge on any atom is 0.416 e. The van der Waals surface area contributed by atoms with Crippen LogP contribution in [0.4, 0.5) is 18.9 Å². The van der Waals surface area contributed by atoms with Crippen LogP contribution in [0.1, 0.15) is 22.5 Å². The fraction of sp³-hybridized carbons (Fsp3) is 0.286. The maximum absolute atomic E-state index is 12.8. The average molecular weight is 450 g/mol. The SMILES string of the molecule is Cc1ccc(C)c(OCc2nnc(SCC(=O)Nc3cccc(C(F)(F)F)c3)n2C)c1. The second-order valence-corrected chi connectivity index (χ2v) is 7.87. The lowest BCUT2D eigenvalue weighted by Crippen LogP contribution is -2.15. The molecule has 31 heavy (non-hydrogen) atoms. The number of anilines is 1. The molecule has 1 aromatic heterocycles. The molecule has 0 aliphatic rings. The number of rotatable bonds is 7. The van der Waals surface area contributed by atoms with E-state index >= 15 is 0 Å². The van der Waals surface area contributed by atoms with E-state index in [1.807, 2.05) is 32.0 Å². The number of hydrogen-bond donors (Lipinski definition) is 1. The van der Waals surface area contributed by atoms with Crippen LogP contribution in [-0.4, -0.2) is 26.4 Å². The van der Waals surface area contributed by atoms with Crippen molar-refractivity contribution in [3.8, 4) is 5.75 Å². The first kappa shape index (κ1) is 22.7. The summed E-state index contributed by atoms with van der Waals surface area (Å²) in [6.07, 6.45) is -4.47. The number of nitrogens with zero attached hydrogens (tertiary/aromatic N) is 3. The Labute approximate surface area is 181 Å². The van der Waals surface area contributed by atoms with Gasteiger partial charge in [0.05, 0.1) is 11.3 Å². The normalized spacial score (nSPS) is 11.4. The lowest BCUT2D eigenvalue weighted by atomic mass is 10.1. The molecule has 2 aromatic carbocycles. The summed E-state index contributed by atoms with van der Waals surface area (Å²) in [6, 6.07) is 10.4. The summed E-state index contributed by atoms with van der Waals surface area (Å²) in [5, 5.41) is 11.1. The Kier molecular flexibility index (Phi) is 6.89. The number of nitrogens with one attached hydrogen (secondary N) is 1. The summed E-state index contributed by atoms with van der Waals surface area (Å²) in [5.74, 6) is 0.875. The highest BCUT2D eigenvalue weighted by Gasteiger charge is 2.30. The van der Waals surface area contributed by atoms with Crippen molar-refractivity contribution in [1.82, 2.24) is 14.8 Å². The van der Waals surface area contributed by atoms with Crippen LogP contribution in [0.15, 0.2) is 47.6 Å². The predicted octanol–water partition coefficient (Wildman–Crippen LogP) is 4.76. The largest absolute Gasteiger partial charge is 0.485 e. The minimum atomic E-state index is -4.47. The van der Waals surface area contributed by atoms with Gasteiger partial charge in [-0.2, -0.15) is 13.2 Å². The van der Waals surface area contributed by atoms with Crippen LogP contribution in [-0.2, 0) is 24.6 Å². The monoisotopic (exact) mass is 450 g/mol. The molecule has 10 heteroatoms. The van der Waals surface area contributed by atoms with Crippen molar-refractivity contribution < 1.29 is 22.7 Å². The molecular weight excluding hydrogens is 429 g/mol. The highest BCUT2D eigenvalue weighted by Crippen LogP contribution is 2.30. The minimum Gasteiger partial charge on any atom is -0.485 e. The zero-order chi connectivity index (χ0) is 22.6. The van der Waals surface area contributed by atoms with Gasteiger partial charge in [-0.05, 0) is 49.2 Å². The molecule has 6 nitrogen and oxygen atoms in total. The number of aryl methyl sites for hydroxylation is 2. The van der Waals surface area contributed by atoms with Crippen LogP contribution in [0.2, 0.25) is 0 Å². The van der Waals surface area contributed by atoms with Gasteiger partial charge in [0.2, 0.25) is 5.91 Å². The topological polar surface area (TPSA) is 69.0 Å². The number of carbonyl (C=O) groups excluding carboxylic acids is 1. The number of benzene rings is 2. The third-order valence-electron chi connectivity index (χ3n) is 4.43. The second-order valence-electron chi connectivity index (χ2n) is 6.93. The highest BCUT2D eigenvalue weighted by molar-refractivity contribution is 7.99.